The number of hydrogen-bond donors (Lipinski definition) is 2. The largest absolute Gasteiger partial charge is 0.477 e. The molecule has 0 radical (unpaired) electrons. The van der Waals surface area contributed by atoms with Gasteiger partial charge in [0.2, 0.25) is 0 Å². The van der Waals surface area contributed by atoms with Crippen molar-refractivity contribution in [2.45, 2.75) is 31.4 Å². The Balaban J connectivity index is 1.77. The molecular formula is C18H21ClN2O3. The second kappa shape index (κ2) is 7.28. The number of nitrogens with one attached hydrogen (secondary N) is 2. The fourth-order valence-electron chi connectivity index (χ4n) is 2.87. The predicted molar refractivity (Wildman–Crippen MR) is 92.2 cm³/mol. The van der Waals surface area contributed by atoms with Crippen molar-refractivity contribution >= 4 is 17.5 Å². The molecule has 0 unspecified atom stereocenters. The summed E-state index contributed by atoms with van der Waals surface area (Å²) in [5.41, 5.74) is -0.889. The van der Waals surface area contributed by atoms with Gasteiger partial charge in [0.1, 0.15) is 11.5 Å². The molecule has 1 aromatic carbocycles. The molecule has 1 fully saturated rings. The SMILES string of the molecule is C[C@H](NC(=O)C1(Oc2ccc(Cl)cc2)CCNCC1)c1ccco1. The molecule has 5 nitrogen and oxygen atoms in total. The summed E-state index contributed by atoms with van der Waals surface area (Å²) in [6, 6.07) is 10.5. The van der Waals surface area contributed by atoms with Crippen LogP contribution in [0.3, 0.4) is 0 Å². The molecule has 1 atom stereocenters. The standard InChI is InChI=1S/C18H21ClN2O3/c1-13(16-3-2-12-23-16)21-17(22)18(8-10-20-11-9-18)24-15-6-4-14(19)5-7-15/h2-7,12-13,20H,8-11H2,1H3,(H,21,22)/t13-/m0/s1. The number of benzene rings is 1. The highest BCUT2D eigenvalue weighted by atomic mass is 35.5. The van der Waals surface area contributed by atoms with Gasteiger partial charge in [-0.1, -0.05) is 11.6 Å². The van der Waals surface area contributed by atoms with E-state index in [2.05, 4.69) is 10.6 Å². The number of rotatable bonds is 5. The summed E-state index contributed by atoms with van der Waals surface area (Å²) in [5, 5.41) is 6.92. The first-order valence-electron chi connectivity index (χ1n) is 8.09. The van der Waals surface area contributed by atoms with Crippen molar-refractivity contribution in [2.75, 3.05) is 13.1 Å². The van der Waals surface area contributed by atoms with Crippen LogP contribution < -0.4 is 15.4 Å². The van der Waals surface area contributed by atoms with Crippen LogP contribution in [0.5, 0.6) is 5.75 Å². The first kappa shape index (κ1) is 16.9. The fourth-order valence-corrected chi connectivity index (χ4v) is 3.00. The zero-order valence-corrected chi connectivity index (χ0v) is 14.3. The van der Waals surface area contributed by atoms with Crippen LogP contribution >= 0.6 is 11.6 Å². The van der Waals surface area contributed by atoms with Crippen molar-refractivity contribution in [1.29, 1.82) is 0 Å². The van der Waals surface area contributed by atoms with Gasteiger partial charge in [-0.3, -0.25) is 4.79 Å². The number of piperidine rings is 1. The molecular weight excluding hydrogens is 328 g/mol. The van der Waals surface area contributed by atoms with E-state index in [0.717, 1.165) is 18.8 Å². The van der Waals surface area contributed by atoms with Crippen LogP contribution in [0.15, 0.2) is 47.1 Å². The Morgan fingerprint density at radius 1 is 1.29 bits per heavy atom. The molecule has 2 heterocycles. The number of amides is 1. The number of halogens is 1. The van der Waals surface area contributed by atoms with E-state index in [1.54, 1.807) is 30.5 Å². The number of furan rings is 1. The van der Waals surface area contributed by atoms with Gasteiger partial charge >= 0.3 is 0 Å². The van der Waals surface area contributed by atoms with Crippen LogP contribution in [-0.4, -0.2) is 24.6 Å². The number of hydrogen-bond acceptors (Lipinski definition) is 4. The molecule has 1 aliphatic rings. The minimum Gasteiger partial charge on any atom is -0.477 e. The Bertz CT molecular complexity index is 664. The highest BCUT2D eigenvalue weighted by molar-refractivity contribution is 6.30. The summed E-state index contributed by atoms with van der Waals surface area (Å²) in [6.07, 6.45) is 2.81. The average molecular weight is 349 g/mol. The third-order valence-corrected chi connectivity index (χ3v) is 4.52. The molecule has 0 saturated carbocycles. The quantitative estimate of drug-likeness (QED) is 0.870. The van der Waals surface area contributed by atoms with Gasteiger partial charge in [-0.2, -0.15) is 0 Å². The zero-order valence-electron chi connectivity index (χ0n) is 13.5. The molecule has 1 aromatic heterocycles. The molecule has 1 amide bonds. The highest BCUT2D eigenvalue weighted by Crippen LogP contribution is 2.29. The van der Waals surface area contributed by atoms with E-state index >= 15 is 0 Å². The van der Waals surface area contributed by atoms with E-state index in [9.17, 15) is 4.79 Å². The van der Waals surface area contributed by atoms with Crippen LogP contribution in [-0.2, 0) is 4.79 Å². The third kappa shape index (κ3) is 3.74. The van der Waals surface area contributed by atoms with Gasteiger partial charge in [-0.05, 0) is 56.4 Å². The first-order chi connectivity index (χ1) is 11.6. The van der Waals surface area contributed by atoms with Crippen LogP contribution in [0, 0.1) is 0 Å². The van der Waals surface area contributed by atoms with E-state index in [-0.39, 0.29) is 11.9 Å². The van der Waals surface area contributed by atoms with Crippen LogP contribution in [0.4, 0.5) is 0 Å². The van der Waals surface area contributed by atoms with Crippen molar-refractivity contribution in [3.63, 3.8) is 0 Å². The molecule has 0 aliphatic carbocycles. The molecule has 0 spiro atoms. The summed E-state index contributed by atoms with van der Waals surface area (Å²) in [6.45, 7) is 3.36. The van der Waals surface area contributed by atoms with Gasteiger partial charge in [0.25, 0.3) is 5.91 Å². The van der Waals surface area contributed by atoms with E-state index in [1.807, 2.05) is 19.1 Å². The van der Waals surface area contributed by atoms with Gasteiger partial charge in [0, 0.05) is 17.9 Å². The average Bonchev–Trinajstić information content (AvgIpc) is 3.12. The van der Waals surface area contributed by atoms with Crippen LogP contribution in [0.2, 0.25) is 5.02 Å². The van der Waals surface area contributed by atoms with Gasteiger partial charge in [0.05, 0.1) is 12.3 Å². The van der Waals surface area contributed by atoms with E-state index in [1.165, 1.54) is 0 Å². The summed E-state index contributed by atoms with van der Waals surface area (Å²) in [4.78, 5) is 13.0. The minimum absolute atomic E-state index is 0.122. The Morgan fingerprint density at radius 2 is 2.00 bits per heavy atom. The molecule has 24 heavy (non-hydrogen) atoms. The summed E-state index contributed by atoms with van der Waals surface area (Å²) in [5.74, 6) is 1.24. The van der Waals surface area contributed by atoms with Gasteiger partial charge in [-0.15, -0.1) is 0 Å². The molecule has 2 aromatic rings. The first-order valence-corrected chi connectivity index (χ1v) is 8.46. The summed E-state index contributed by atoms with van der Waals surface area (Å²) >= 11 is 5.92. The Hall–Kier alpha value is -1.98. The summed E-state index contributed by atoms with van der Waals surface area (Å²) < 4.78 is 11.5. The topological polar surface area (TPSA) is 63.5 Å². The van der Waals surface area contributed by atoms with E-state index < -0.39 is 5.60 Å². The molecule has 1 aliphatic heterocycles. The number of ether oxygens (including phenoxy) is 1. The molecule has 128 valence electrons. The predicted octanol–water partition coefficient (Wildman–Crippen LogP) is 3.31. The smallest absolute Gasteiger partial charge is 0.264 e. The fraction of sp³-hybridized carbons (Fsp3) is 0.389. The van der Waals surface area contributed by atoms with Gasteiger partial charge < -0.3 is 19.8 Å². The van der Waals surface area contributed by atoms with E-state index in [0.29, 0.717) is 23.6 Å². The maximum atomic E-state index is 13.0. The Morgan fingerprint density at radius 3 is 2.62 bits per heavy atom. The zero-order chi connectivity index (χ0) is 17.0. The van der Waals surface area contributed by atoms with Gasteiger partial charge in [0.15, 0.2) is 5.60 Å². The molecule has 0 bridgehead atoms. The summed E-state index contributed by atoms with van der Waals surface area (Å²) in [7, 11) is 0. The van der Waals surface area contributed by atoms with Crippen LogP contribution in [0.1, 0.15) is 31.6 Å². The minimum atomic E-state index is -0.889. The Labute approximate surface area is 146 Å². The lowest BCUT2D eigenvalue weighted by atomic mass is 9.90. The lowest BCUT2D eigenvalue weighted by Crippen LogP contribution is -2.56. The lowest BCUT2D eigenvalue weighted by molar-refractivity contribution is -0.140. The van der Waals surface area contributed by atoms with Crippen molar-refractivity contribution in [3.8, 4) is 5.75 Å². The van der Waals surface area contributed by atoms with Crippen molar-refractivity contribution < 1.29 is 13.9 Å². The molecule has 6 heteroatoms. The molecule has 3 rings (SSSR count). The molecule has 1 saturated heterocycles. The maximum Gasteiger partial charge on any atom is 0.264 e. The number of carbonyl (C=O) groups is 1. The third-order valence-electron chi connectivity index (χ3n) is 4.27. The number of carbonyl (C=O) groups excluding carboxylic acids is 1. The second-order valence-corrected chi connectivity index (χ2v) is 6.45. The van der Waals surface area contributed by atoms with E-state index in [4.69, 9.17) is 20.8 Å². The molecule has 2 N–H and O–H groups in total. The normalized spacial score (nSPS) is 17.9. The lowest BCUT2D eigenvalue weighted by Gasteiger charge is -2.37. The van der Waals surface area contributed by atoms with Crippen molar-refractivity contribution in [1.82, 2.24) is 10.6 Å². The monoisotopic (exact) mass is 348 g/mol. The van der Waals surface area contributed by atoms with Gasteiger partial charge in [-0.25, -0.2) is 0 Å². The van der Waals surface area contributed by atoms with Crippen LogP contribution in [0.25, 0.3) is 0 Å². The van der Waals surface area contributed by atoms with Crippen molar-refractivity contribution in [3.05, 3.63) is 53.4 Å². The second-order valence-electron chi connectivity index (χ2n) is 6.01. The Kier molecular flexibility index (Phi) is 5.11. The van der Waals surface area contributed by atoms with Crippen molar-refractivity contribution in [2.24, 2.45) is 0 Å². The maximum absolute atomic E-state index is 13.0. The highest BCUT2D eigenvalue weighted by Gasteiger charge is 2.42.